The van der Waals surface area contributed by atoms with E-state index in [1.54, 1.807) is 35.8 Å². The van der Waals surface area contributed by atoms with Gasteiger partial charge in [-0.15, -0.1) is 11.3 Å². The molecule has 144 valence electrons. The first kappa shape index (κ1) is 18.4. The zero-order chi connectivity index (χ0) is 19.8. The van der Waals surface area contributed by atoms with Crippen LogP contribution in [0, 0.1) is 6.92 Å². The number of hydrogen-bond acceptors (Lipinski definition) is 6. The van der Waals surface area contributed by atoms with Gasteiger partial charge in [0.1, 0.15) is 15.5 Å². The quantitative estimate of drug-likeness (QED) is 0.684. The molecule has 8 heteroatoms. The first-order valence-corrected chi connectivity index (χ1v) is 9.87. The van der Waals surface area contributed by atoms with E-state index >= 15 is 0 Å². The number of nitrogens with zero attached hydrogens (tertiary/aromatic N) is 2. The summed E-state index contributed by atoms with van der Waals surface area (Å²) in [6.07, 6.45) is 0.691. The number of amides is 1. The molecule has 1 amide bonds. The molecule has 1 N–H and O–H groups in total. The molecule has 7 nitrogen and oxygen atoms in total. The molecule has 28 heavy (non-hydrogen) atoms. The fraction of sp³-hybridized carbons (Fsp3) is 0.300. The predicted octanol–water partition coefficient (Wildman–Crippen LogP) is 2.90. The number of ether oxygens (including phenoxy) is 1. The Kier molecular flexibility index (Phi) is 4.72. The van der Waals surface area contributed by atoms with Gasteiger partial charge in [0, 0.05) is 18.7 Å². The summed E-state index contributed by atoms with van der Waals surface area (Å²) in [7, 11) is 0. The van der Waals surface area contributed by atoms with Crippen molar-refractivity contribution in [1.82, 2.24) is 9.55 Å². The average molecular weight is 397 g/mol. The van der Waals surface area contributed by atoms with Crippen molar-refractivity contribution in [2.24, 2.45) is 0 Å². The number of hydrogen-bond donors (Lipinski definition) is 1. The molecule has 1 aliphatic rings. The Hall–Kier alpha value is -3.00. The van der Waals surface area contributed by atoms with Crippen LogP contribution in [0.25, 0.3) is 10.2 Å². The van der Waals surface area contributed by atoms with Gasteiger partial charge in [-0.2, -0.15) is 0 Å². The van der Waals surface area contributed by atoms with E-state index < -0.39 is 18.0 Å². The van der Waals surface area contributed by atoms with E-state index in [4.69, 9.17) is 4.74 Å². The minimum atomic E-state index is -0.976. The van der Waals surface area contributed by atoms with Crippen LogP contribution in [0.5, 0.6) is 0 Å². The van der Waals surface area contributed by atoms with Crippen LogP contribution in [0.4, 0.5) is 5.69 Å². The molecule has 0 unspecified atom stereocenters. The minimum Gasteiger partial charge on any atom is -0.448 e. The molecular formula is C20H19N3O4S. The highest BCUT2D eigenvalue weighted by atomic mass is 32.1. The fourth-order valence-electron chi connectivity index (χ4n) is 3.30. The molecule has 0 bridgehead atoms. The minimum absolute atomic E-state index is 0.111. The number of fused-ring (bicyclic) bond motifs is 2. The highest BCUT2D eigenvalue weighted by Gasteiger charge is 2.26. The van der Waals surface area contributed by atoms with Crippen LogP contribution < -0.4 is 10.9 Å². The van der Waals surface area contributed by atoms with Crippen molar-refractivity contribution >= 4 is 39.1 Å². The standard InChI is InChI=1S/C20H19N3O4S/c1-11-15-18(22-14-9-6-10-23(14)19(15)25)28-16(11)20(26)27-12(2)17(24)21-13-7-4-3-5-8-13/h3-5,7-8,12H,6,9-10H2,1-2H3,(H,21,24)/t12-/m0/s1. The molecule has 1 atom stereocenters. The van der Waals surface area contributed by atoms with Crippen molar-refractivity contribution in [3.8, 4) is 0 Å². The molecule has 0 saturated heterocycles. The number of benzene rings is 1. The normalized spacial score (nSPS) is 13.9. The number of anilines is 1. The number of thiophene rings is 1. The van der Waals surface area contributed by atoms with E-state index in [9.17, 15) is 14.4 Å². The number of aromatic nitrogens is 2. The third-order valence-corrected chi connectivity index (χ3v) is 5.96. The van der Waals surface area contributed by atoms with Crippen LogP contribution in [0.1, 0.15) is 34.4 Å². The van der Waals surface area contributed by atoms with Crippen LogP contribution in [-0.2, 0) is 22.5 Å². The highest BCUT2D eigenvalue weighted by Crippen LogP contribution is 2.29. The number of esters is 1. The Morgan fingerprint density at radius 1 is 1.29 bits per heavy atom. The molecule has 0 fully saturated rings. The van der Waals surface area contributed by atoms with E-state index in [0.717, 1.165) is 30.0 Å². The van der Waals surface area contributed by atoms with Crippen LogP contribution in [-0.4, -0.2) is 27.5 Å². The maximum absolute atomic E-state index is 12.7. The van der Waals surface area contributed by atoms with E-state index in [-0.39, 0.29) is 5.56 Å². The van der Waals surface area contributed by atoms with Gasteiger partial charge in [-0.3, -0.25) is 14.2 Å². The number of para-hydroxylation sites is 1. The zero-order valence-electron chi connectivity index (χ0n) is 15.5. The van der Waals surface area contributed by atoms with E-state index in [0.29, 0.717) is 32.9 Å². The Labute approximate surface area is 165 Å². The summed E-state index contributed by atoms with van der Waals surface area (Å²) in [5.74, 6) is -0.287. The summed E-state index contributed by atoms with van der Waals surface area (Å²) < 4.78 is 7.02. The van der Waals surface area contributed by atoms with Gasteiger partial charge in [-0.25, -0.2) is 9.78 Å². The van der Waals surface area contributed by atoms with Crippen molar-refractivity contribution < 1.29 is 14.3 Å². The number of carbonyl (C=O) groups is 2. The molecular weight excluding hydrogens is 378 g/mol. The monoisotopic (exact) mass is 397 g/mol. The average Bonchev–Trinajstić information content (AvgIpc) is 3.27. The van der Waals surface area contributed by atoms with Gasteiger partial charge >= 0.3 is 5.97 Å². The van der Waals surface area contributed by atoms with Gasteiger partial charge in [-0.05, 0) is 38.0 Å². The summed E-state index contributed by atoms with van der Waals surface area (Å²) in [4.78, 5) is 43.0. The van der Waals surface area contributed by atoms with E-state index in [1.807, 2.05) is 6.07 Å². The lowest BCUT2D eigenvalue weighted by Gasteiger charge is -2.13. The smallest absolute Gasteiger partial charge is 0.349 e. The SMILES string of the molecule is Cc1c(C(=O)O[C@@H](C)C(=O)Nc2ccccc2)sc2nc3n(c(=O)c12)CCC3. The van der Waals surface area contributed by atoms with Crippen LogP contribution in [0.15, 0.2) is 35.1 Å². The lowest BCUT2D eigenvalue weighted by molar-refractivity contribution is -0.123. The molecule has 3 heterocycles. The molecule has 0 aliphatic carbocycles. The summed E-state index contributed by atoms with van der Waals surface area (Å²) in [6, 6.07) is 8.95. The maximum Gasteiger partial charge on any atom is 0.349 e. The Balaban J connectivity index is 1.56. The molecule has 0 saturated carbocycles. The van der Waals surface area contributed by atoms with Crippen LogP contribution in [0.2, 0.25) is 0 Å². The van der Waals surface area contributed by atoms with Gasteiger partial charge in [-0.1, -0.05) is 18.2 Å². The van der Waals surface area contributed by atoms with Crippen molar-refractivity contribution in [2.75, 3.05) is 5.32 Å². The molecule has 1 aromatic carbocycles. The van der Waals surface area contributed by atoms with Crippen LogP contribution in [0.3, 0.4) is 0 Å². The lowest BCUT2D eigenvalue weighted by Crippen LogP contribution is -2.30. The second-order valence-electron chi connectivity index (χ2n) is 6.73. The van der Waals surface area contributed by atoms with E-state index in [2.05, 4.69) is 10.3 Å². The van der Waals surface area contributed by atoms with E-state index in [1.165, 1.54) is 6.92 Å². The van der Waals surface area contributed by atoms with Gasteiger partial charge in [0.25, 0.3) is 11.5 Å². The third-order valence-electron chi connectivity index (χ3n) is 4.79. The number of rotatable bonds is 4. The Morgan fingerprint density at radius 2 is 2.04 bits per heavy atom. The topological polar surface area (TPSA) is 90.3 Å². The maximum atomic E-state index is 12.7. The molecule has 2 aromatic heterocycles. The van der Waals surface area contributed by atoms with Gasteiger partial charge < -0.3 is 10.1 Å². The predicted molar refractivity (Wildman–Crippen MR) is 107 cm³/mol. The number of nitrogens with one attached hydrogen (secondary N) is 1. The highest BCUT2D eigenvalue weighted by molar-refractivity contribution is 7.20. The molecule has 3 aromatic rings. The first-order valence-electron chi connectivity index (χ1n) is 9.05. The van der Waals surface area contributed by atoms with Crippen LogP contribution >= 0.6 is 11.3 Å². The van der Waals surface area contributed by atoms with Crippen molar-refractivity contribution in [2.45, 2.75) is 39.3 Å². The molecule has 1 aliphatic heterocycles. The van der Waals surface area contributed by atoms with Crippen molar-refractivity contribution in [3.05, 3.63) is 57.0 Å². The summed E-state index contributed by atoms with van der Waals surface area (Å²) in [5, 5.41) is 3.16. The molecule has 4 rings (SSSR count). The largest absolute Gasteiger partial charge is 0.448 e. The summed E-state index contributed by atoms with van der Waals surface area (Å²) >= 11 is 1.14. The Morgan fingerprint density at radius 3 is 2.79 bits per heavy atom. The molecule has 0 spiro atoms. The first-order chi connectivity index (χ1) is 13.5. The fourth-order valence-corrected chi connectivity index (χ4v) is 4.38. The lowest BCUT2D eigenvalue weighted by atomic mass is 10.2. The van der Waals surface area contributed by atoms with Gasteiger partial charge in [0.2, 0.25) is 0 Å². The third kappa shape index (κ3) is 3.20. The second-order valence-corrected chi connectivity index (χ2v) is 7.73. The zero-order valence-corrected chi connectivity index (χ0v) is 16.3. The Bertz CT molecular complexity index is 1130. The summed E-state index contributed by atoms with van der Waals surface area (Å²) in [6.45, 7) is 3.89. The molecule has 0 radical (unpaired) electrons. The second kappa shape index (κ2) is 7.20. The van der Waals surface area contributed by atoms with Crippen molar-refractivity contribution in [1.29, 1.82) is 0 Å². The van der Waals surface area contributed by atoms with Crippen molar-refractivity contribution in [3.63, 3.8) is 0 Å². The van der Waals surface area contributed by atoms with Gasteiger partial charge in [0.15, 0.2) is 6.10 Å². The van der Waals surface area contributed by atoms with Gasteiger partial charge in [0.05, 0.1) is 5.39 Å². The summed E-state index contributed by atoms with van der Waals surface area (Å²) in [5.41, 5.74) is 1.07. The number of aryl methyl sites for hydroxylation is 2. The number of carbonyl (C=O) groups excluding carboxylic acids is 2.